The first-order valence-electron chi connectivity index (χ1n) is 7.28. The Morgan fingerprint density at radius 3 is 2.67 bits per heavy atom. The van der Waals surface area contributed by atoms with Crippen LogP contribution in [0, 0.1) is 0 Å². The average molecular weight is 382 g/mol. The maximum absolute atomic E-state index is 12.0. The molecule has 4 aromatic rings. The van der Waals surface area contributed by atoms with Gasteiger partial charge >= 0.3 is 0 Å². The van der Waals surface area contributed by atoms with E-state index in [2.05, 4.69) is 26.2 Å². The summed E-state index contributed by atoms with van der Waals surface area (Å²) in [4.78, 5) is 16.6. The molecule has 5 nitrogen and oxygen atoms in total. The zero-order chi connectivity index (χ0) is 16.5. The number of carbonyl (C=O) groups is 1. The number of nitrogens with zero attached hydrogens (tertiary/aromatic N) is 2. The van der Waals surface area contributed by atoms with Gasteiger partial charge in [0.25, 0.3) is 5.91 Å². The highest BCUT2D eigenvalue weighted by Crippen LogP contribution is 2.22. The minimum absolute atomic E-state index is 0.274. The molecule has 0 aliphatic rings. The fraction of sp³-hybridized carbons (Fsp3) is 0. The molecular formula is C18H12BrN3O2. The number of pyridine rings is 1. The molecule has 0 aliphatic heterocycles. The van der Waals surface area contributed by atoms with Crippen molar-refractivity contribution >= 4 is 33.2 Å². The van der Waals surface area contributed by atoms with Crippen LogP contribution in [0.1, 0.15) is 10.6 Å². The van der Waals surface area contributed by atoms with Crippen molar-refractivity contribution in [3.63, 3.8) is 0 Å². The Hall–Kier alpha value is -2.86. The number of hydrogen-bond acceptors (Lipinski definition) is 3. The predicted molar refractivity (Wildman–Crippen MR) is 95.0 cm³/mol. The number of rotatable bonds is 3. The van der Waals surface area contributed by atoms with Crippen molar-refractivity contribution in [2.75, 3.05) is 5.32 Å². The van der Waals surface area contributed by atoms with Crippen molar-refractivity contribution in [1.29, 1.82) is 0 Å². The summed E-state index contributed by atoms with van der Waals surface area (Å²) in [5.41, 5.74) is 3.38. The number of fused-ring (bicyclic) bond motifs is 1. The Morgan fingerprint density at radius 2 is 1.92 bits per heavy atom. The Kier molecular flexibility index (Phi) is 3.66. The van der Waals surface area contributed by atoms with E-state index in [1.54, 1.807) is 12.1 Å². The SMILES string of the molecule is O=C(Nc1ccc2nc(-c3ccc(Br)cc3)cn2c1)c1ccco1. The van der Waals surface area contributed by atoms with Crippen LogP contribution in [0.15, 0.2) is 76.1 Å². The summed E-state index contributed by atoms with van der Waals surface area (Å²) < 4.78 is 8.00. The lowest BCUT2D eigenvalue weighted by Gasteiger charge is -2.03. The Balaban J connectivity index is 1.63. The summed E-state index contributed by atoms with van der Waals surface area (Å²) in [7, 11) is 0. The van der Waals surface area contributed by atoms with Crippen LogP contribution in [0.5, 0.6) is 0 Å². The molecule has 1 N–H and O–H groups in total. The van der Waals surface area contributed by atoms with Gasteiger partial charge in [-0.15, -0.1) is 0 Å². The third-order valence-corrected chi connectivity index (χ3v) is 4.12. The molecule has 0 spiro atoms. The highest BCUT2D eigenvalue weighted by Gasteiger charge is 2.10. The van der Waals surface area contributed by atoms with Crippen LogP contribution in [0.25, 0.3) is 16.9 Å². The first-order valence-corrected chi connectivity index (χ1v) is 8.08. The van der Waals surface area contributed by atoms with Crippen LogP contribution in [0.2, 0.25) is 0 Å². The smallest absolute Gasteiger partial charge is 0.291 e. The van der Waals surface area contributed by atoms with Gasteiger partial charge in [-0.1, -0.05) is 28.1 Å². The molecule has 118 valence electrons. The minimum atomic E-state index is -0.285. The van der Waals surface area contributed by atoms with Crippen LogP contribution in [0.3, 0.4) is 0 Å². The number of hydrogen-bond donors (Lipinski definition) is 1. The molecule has 3 aromatic heterocycles. The Morgan fingerprint density at radius 1 is 1.08 bits per heavy atom. The van der Waals surface area contributed by atoms with Crippen LogP contribution in [-0.2, 0) is 0 Å². The van der Waals surface area contributed by atoms with Gasteiger partial charge in [-0.25, -0.2) is 4.98 Å². The second kappa shape index (κ2) is 5.98. The summed E-state index contributed by atoms with van der Waals surface area (Å²) in [5, 5.41) is 2.81. The molecule has 0 unspecified atom stereocenters. The van der Waals surface area contributed by atoms with Crippen molar-refractivity contribution < 1.29 is 9.21 Å². The first kappa shape index (κ1) is 14.7. The number of benzene rings is 1. The molecule has 0 saturated heterocycles. The standard InChI is InChI=1S/C18H12BrN3O2/c19-13-5-3-12(4-6-13)15-11-22-10-14(7-8-17(22)21-15)20-18(23)16-2-1-9-24-16/h1-11H,(H,20,23). The predicted octanol–water partition coefficient (Wildman–Crippen LogP) is 4.61. The van der Waals surface area contributed by atoms with Gasteiger partial charge in [0, 0.05) is 22.4 Å². The van der Waals surface area contributed by atoms with Gasteiger partial charge in [-0.3, -0.25) is 4.79 Å². The molecule has 24 heavy (non-hydrogen) atoms. The number of nitrogens with one attached hydrogen (secondary N) is 1. The van der Waals surface area contributed by atoms with E-state index in [1.165, 1.54) is 6.26 Å². The third-order valence-electron chi connectivity index (χ3n) is 3.59. The van der Waals surface area contributed by atoms with E-state index in [9.17, 15) is 4.79 Å². The number of amides is 1. The van der Waals surface area contributed by atoms with Crippen LogP contribution in [0.4, 0.5) is 5.69 Å². The number of anilines is 1. The molecule has 0 fully saturated rings. The Bertz CT molecular complexity index is 1000. The number of aromatic nitrogens is 2. The van der Waals surface area contributed by atoms with Gasteiger partial charge in [-0.05, 0) is 36.4 Å². The maximum Gasteiger partial charge on any atom is 0.291 e. The number of furan rings is 1. The lowest BCUT2D eigenvalue weighted by Crippen LogP contribution is -2.11. The van der Waals surface area contributed by atoms with E-state index in [0.717, 1.165) is 21.4 Å². The zero-order valence-electron chi connectivity index (χ0n) is 12.4. The van der Waals surface area contributed by atoms with Crippen molar-refractivity contribution in [3.8, 4) is 11.3 Å². The van der Waals surface area contributed by atoms with E-state index in [4.69, 9.17) is 4.42 Å². The molecule has 0 saturated carbocycles. The highest BCUT2D eigenvalue weighted by atomic mass is 79.9. The van der Waals surface area contributed by atoms with Gasteiger partial charge in [0.1, 0.15) is 5.65 Å². The average Bonchev–Trinajstić information content (AvgIpc) is 3.24. The summed E-state index contributed by atoms with van der Waals surface area (Å²) in [6.07, 6.45) is 5.23. The molecule has 1 amide bonds. The number of carbonyl (C=O) groups excluding carboxylic acids is 1. The normalized spacial score (nSPS) is 10.9. The number of imidazole rings is 1. The fourth-order valence-corrected chi connectivity index (χ4v) is 2.69. The molecule has 4 rings (SSSR count). The molecule has 1 aromatic carbocycles. The summed E-state index contributed by atoms with van der Waals surface area (Å²) in [6, 6.07) is 14.9. The molecule has 0 atom stereocenters. The number of halogens is 1. The van der Waals surface area contributed by atoms with Gasteiger partial charge < -0.3 is 14.1 Å². The van der Waals surface area contributed by atoms with E-state index < -0.39 is 0 Å². The molecule has 6 heteroatoms. The van der Waals surface area contributed by atoms with Gasteiger partial charge in [0.2, 0.25) is 0 Å². The van der Waals surface area contributed by atoms with E-state index in [-0.39, 0.29) is 11.7 Å². The second-order valence-corrected chi connectivity index (χ2v) is 6.16. The third kappa shape index (κ3) is 2.83. The van der Waals surface area contributed by atoms with E-state index >= 15 is 0 Å². The lowest BCUT2D eigenvalue weighted by atomic mass is 10.2. The van der Waals surface area contributed by atoms with Gasteiger partial charge in [0.15, 0.2) is 5.76 Å². The maximum atomic E-state index is 12.0. The lowest BCUT2D eigenvalue weighted by molar-refractivity contribution is 0.0996. The van der Waals surface area contributed by atoms with Crippen molar-refractivity contribution in [1.82, 2.24) is 9.38 Å². The van der Waals surface area contributed by atoms with Crippen LogP contribution >= 0.6 is 15.9 Å². The Labute approximate surface area is 146 Å². The zero-order valence-corrected chi connectivity index (χ0v) is 14.0. The second-order valence-electron chi connectivity index (χ2n) is 5.25. The quantitative estimate of drug-likeness (QED) is 0.563. The van der Waals surface area contributed by atoms with E-state index in [0.29, 0.717) is 5.69 Å². The fourth-order valence-electron chi connectivity index (χ4n) is 2.43. The molecule has 0 radical (unpaired) electrons. The van der Waals surface area contributed by atoms with Gasteiger partial charge in [0.05, 0.1) is 17.6 Å². The van der Waals surface area contributed by atoms with Crippen LogP contribution < -0.4 is 5.32 Å². The van der Waals surface area contributed by atoms with Crippen molar-refractivity contribution in [3.05, 3.63) is 77.4 Å². The van der Waals surface area contributed by atoms with Crippen molar-refractivity contribution in [2.45, 2.75) is 0 Å². The molecular weight excluding hydrogens is 370 g/mol. The molecule has 3 heterocycles. The highest BCUT2D eigenvalue weighted by molar-refractivity contribution is 9.10. The van der Waals surface area contributed by atoms with Crippen molar-refractivity contribution in [2.24, 2.45) is 0 Å². The molecule has 0 bridgehead atoms. The summed E-state index contributed by atoms with van der Waals surface area (Å²) in [6.45, 7) is 0. The monoisotopic (exact) mass is 381 g/mol. The molecule has 0 aliphatic carbocycles. The minimum Gasteiger partial charge on any atom is -0.459 e. The first-order chi connectivity index (χ1) is 11.7. The summed E-state index contributed by atoms with van der Waals surface area (Å²) >= 11 is 3.43. The van der Waals surface area contributed by atoms with E-state index in [1.807, 2.05) is 53.2 Å². The summed E-state index contributed by atoms with van der Waals surface area (Å²) in [5.74, 6) is -0.0103. The topological polar surface area (TPSA) is 59.5 Å². The van der Waals surface area contributed by atoms with Gasteiger partial charge in [-0.2, -0.15) is 0 Å². The van der Waals surface area contributed by atoms with Crippen LogP contribution in [-0.4, -0.2) is 15.3 Å². The largest absolute Gasteiger partial charge is 0.459 e.